The molecule has 0 saturated heterocycles. The molecule has 0 aliphatic carbocycles. The lowest BCUT2D eigenvalue weighted by atomic mass is 9.98. The summed E-state index contributed by atoms with van der Waals surface area (Å²) in [6.07, 6.45) is 0. The van der Waals surface area contributed by atoms with Crippen molar-refractivity contribution in [3.63, 3.8) is 0 Å². The maximum atomic E-state index is 5.02. The van der Waals surface area contributed by atoms with Crippen LogP contribution in [0, 0.1) is 13.8 Å². The maximum Gasteiger partial charge on any atom is 0.0776 e. The first kappa shape index (κ1) is 18.6. The Kier molecular flexibility index (Phi) is 4.64. The summed E-state index contributed by atoms with van der Waals surface area (Å²) in [4.78, 5) is 9.54. The Morgan fingerprint density at radius 3 is 2.00 bits per heavy atom. The summed E-state index contributed by atoms with van der Waals surface area (Å²) in [5, 5.41) is 2.69. The molecule has 2 aromatic heterocycles. The molecule has 2 heterocycles. The average Bonchev–Trinajstić information content (AvgIpc) is 2.66. The van der Waals surface area contributed by atoms with Crippen LogP contribution in [0.5, 0.6) is 0 Å². The topological polar surface area (TPSA) is 25.8 Å². The van der Waals surface area contributed by atoms with Gasteiger partial charge in [0.05, 0.1) is 19.3 Å². The second-order valence-electron chi connectivity index (χ2n) is 8.54. The van der Waals surface area contributed by atoms with Gasteiger partial charge in [-0.05, 0) is 49.2 Å². The molecule has 28 heavy (non-hydrogen) atoms. The molecule has 0 aliphatic rings. The zero-order valence-corrected chi connectivity index (χ0v) is 18.2. The molecule has 140 valence electrons. The highest BCUT2D eigenvalue weighted by molar-refractivity contribution is 6.88. The molecular formula is C25H26N2Si. The van der Waals surface area contributed by atoms with Crippen LogP contribution < -0.4 is 5.19 Å². The second-order valence-corrected chi connectivity index (χ2v) is 13.6. The van der Waals surface area contributed by atoms with Crippen molar-refractivity contribution in [2.24, 2.45) is 0 Å². The summed E-state index contributed by atoms with van der Waals surface area (Å²) in [7, 11) is -1.40. The van der Waals surface area contributed by atoms with Crippen LogP contribution in [0.3, 0.4) is 0 Å². The fourth-order valence-corrected chi connectivity index (χ4v) is 4.84. The molecule has 4 aromatic rings. The van der Waals surface area contributed by atoms with E-state index in [1.807, 2.05) is 13.8 Å². The molecule has 2 nitrogen and oxygen atoms in total. The van der Waals surface area contributed by atoms with E-state index in [0.29, 0.717) is 0 Å². The van der Waals surface area contributed by atoms with E-state index in [9.17, 15) is 0 Å². The van der Waals surface area contributed by atoms with Crippen LogP contribution in [0.25, 0.3) is 33.3 Å². The van der Waals surface area contributed by atoms with Crippen molar-refractivity contribution in [1.82, 2.24) is 9.97 Å². The number of nitrogens with zero attached hydrogens (tertiary/aromatic N) is 2. The largest absolute Gasteiger partial charge is 0.258 e. The third-order valence-electron chi connectivity index (χ3n) is 5.14. The first-order chi connectivity index (χ1) is 13.3. The van der Waals surface area contributed by atoms with Gasteiger partial charge in [0.25, 0.3) is 0 Å². The predicted molar refractivity (Wildman–Crippen MR) is 123 cm³/mol. The van der Waals surface area contributed by atoms with Crippen molar-refractivity contribution >= 4 is 24.2 Å². The van der Waals surface area contributed by atoms with Gasteiger partial charge < -0.3 is 0 Å². The molecule has 2 aromatic carbocycles. The lowest BCUT2D eigenvalue weighted by Crippen LogP contribution is -2.37. The van der Waals surface area contributed by atoms with Crippen molar-refractivity contribution in [2.75, 3.05) is 0 Å². The molecule has 3 heteroatoms. The normalized spacial score (nSPS) is 11.8. The van der Waals surface area contributed by atoms with Crippen molar-refractivity contribution in [2.45, 2.75) is 33.5 Å². The molecule has 0 unspecified atom stereocenters. The number of pyridine rings is 2. The summed E-state index contributed by atoms with van der Waals surface area (Å²) in [6.45, 7) is 11.2. The molecule has 0 amide bonds. The lowest BCUT2D eigenvalue weighted by molar-refractivity contribution is 1.12. The number of hydrogen-bond donors (Lipinski definition) is 0. The Labute approximate surface area is 168 Å². The van der Waals surface area contributed by atoms with Crippen LogP contribution in [0.4, 0.5) is 0 Å². The van der Waals surface area contributed by atoms with E-state index in [0.717, 1.165) is 28.2 Å². The highest BCUT2D eigenvalue weighted by Crippen LogP contribution is 2.32. The Balaban J connectivity index is 2.02. The second kappa shape index (κ2) is 6.99. The first-order valence-corrected chi connectivity index (χ1v) is 13.3. The number of benzene rings is 2. The van der Waals surface area contributed by atoms with E-state index in [-0.39, 0.29) is 0 Å². The molecule has 0 fully saturated rings. The number of rotatable bonds is 3. The summed E-state index contributed by atoms with van der Waals surface area (Å²) < 4.78 is 0. The van der Waals surface area contributed by atoms with Crippen LogP contribution in [0.2, 0.25) is 19.6 Å². The predicted octanol–water partition coefficient (Wildman–Crippen LogP) is 6.13. The van der Waals surface area contributed by atoms with Crippen LogP contribution in [-0.2, 0) is 0 Å². The molecule has 0 spiro atoms. The van der Waals surface area contributed by atoms with Gasteiger partial charge in [0.15, 0.2) is 0 Å². The monoisotopic (exact) mass is 382 g/mol. The minimum absolute atomic E-state index is 1.00. The van der Waals surface area contributed by atoms with Gasteiger partial charge in [-0.2, -0.15) is 0 Å². The van der Waals surface area contributed by atoms with E-state index in [1.165, 1.54) is 21.7 Å². The van der Waals surface area contributed by atoms with Crippen molar-refractivity contribution in [3.05, 3.63) is 78.1 Å². The molecule has 0 N–H and O–H groups in total. The molecule has 0 saturated carbocycles. The first-order valence-electron chi connectivity index (χ1n) is 9.78. The fraction of sp³-hybridized carbons (Fsp3) is 0.200. The van der Waals surface area contributed by atoms with Crippen LogP contribution in [0.1, 0.15) is 11.4 Å². The van der Waals surface area contributed by atoms with Crippen molar-refractivity contribution in [3.8, 4) is 22.4 Å². The van der Waals surface area contributed by atoms with Gasteiger partial charge >= 0.3 is 0 Å². The van der Waals surface area contributed by atoms with Gasteiger partial charge in [-0.25, -0.2) is 4.98 Å². The van der Waals surface area contributed by atoms with Gasteiger partial charge in [-0.3, -0.25) is 4.98 Å². The van der Waals surface area contributed by atoms with E-state index >= 15 is 0 Å². The zero-order valence-electron chi connectivity index (χ0n) is 17.2. The van der Waals surface area contributed by atoms with Gasteiger partial charge in [-0.15, -0.1) is 0 Å². The summed E-state index contributed by atoms with van der Waals surface area (Å²) >= 11 is 0. The standard InChI is InChI=1S/C25H26N2Si/c1-17-13-20(14-18(2)26-17)25-16-22(19-9-7-6-8-10-19)23-15-21(28(3,4)5)11-12-24(23)27-25/h6-16H,1-5H3. The highest BCUT2D eigenvalue weighted by atomic mass is 28.3. The zero-order chi connectivity index (χ0) is 19.9. The van der Waals surface area contributed by atoms with Gasteiger partial charge in [0.2, 0.25) is 0 Å². The quantitative estimate of drug-likeness (QED) is 0.399. The van der Waals surface area contributed by atoms with Gasteiger partial charge in [0, 0.05) is 22.3 Å². The van der Waals surface area contributed by atoms with E-state index in [1.54, 1.807) is 0 Å². The lowest BCUT2D eigenvalue weighted by Gasteiger charge is -2.18. The minimum Gasteiger partial charge on any atom is -0.258 e. The Morgan fingerprint density at radius 1 is 0.679 bits per heavy atom. The Morgan fingerprint density at radius 2 is 1.36 bits per heavy atom. The smallest absolute Gasteiger partial charge is 0.0776 e. The Hall–Kier alpha value is -2.78. The molecule has 4 rings (SSSR count). The summed E-state index contributed by atoms with van der Waals surface area (Å²) in [5.74, 6) is 0. The number of aromatic nitrogens is 2. The minimum atomic E-state index is -1.40. The van der Waals surface area contributed by atoms with Crippen LogP contribution in [-0.4, -0.2) is 18.0 Å². The fourth-order valence-electron chi connectivity index (χ4n) is 3.68. The number of aryl methyl sites for hydroxylation is 2. The average molecular weight is 383 g/mol. The molecule has 0 bridgehead atoms. The highest BCUT2D eigenvalue weighted by Gasteiger charge is 2.18. The van der Waals surface area contributed by atoms with Gasteiger partial charge in [0.1, 0.15) is 0 Å². The number of fused-ring (bicyclic) bond motifs is 1. The van der Waals surface area contributed by atoms with Crippen molar-refractivity contribution in [1.29, 1.82) is 0 Å². The summed E-state index contributed by atoms with van der Waals surface area (Å²) in [6, 6.07) is 23.9. The van der Waals surface area contributed by atoms with Crippen molar-refractivity contribution < 1.29 is 0 Å². The Bertz CT molecular complexity index is 1140. The maximum absolute atomic E-state index is 5.02. The SMILES string of the molecule is Cc1cc(-c2cc(-c3ccccc3)c3cc([Si](C)(C)C)ccc3n2)cc(C)n1. The summed E-state index contributed by atoms with van der Waals surface area (Å²) in [5.41, 5.74) is 7.68. The third-order valence-corrected chi connectivity index (χ3v) is 7.18. The van der Waals surface area contributed by atoms with E-state index in [2.05, 4.69) is 91.4 Å². The van der Waals surface area contributed by atoms with E-state index < -0.39 is 8.07 Å². The molecule has 0 radical (unpaired) electrons. The van der Waals surface area contributed by atoms with Gasteiger partial charge in [-0.1, -0.05) is 67.3 Å². The van der Waals surface area contributed by atoms with Crippen LogP contribution in [0.15, 0.2) is 66.7 Å². The molecule has 0 atom stereocenters. The van der Waals surface area contributed by atoms with Crippen LogP contribution >= 0.6 is 0 Å². The molecule has 0 aliphatic heterocycles. The van der Waals surface area contributed by atoms with E-state index in [4.69, 9.17) is 4.98 Å². The molecular weight excluding hydrogens is 356 g/mol. The number of hydrogen-bond acceptors (Lipinski definition) is 2. The third kappa shape index (κ3) is 3.63.